The summed E-state index contributed by atoms with van der Waals surface area (Å²) in [6.07, 6.45) is 1.14. The maximum Gasteiger partial charge on any atom is 0.249 e. The van der Waals surface area contributed by atoms with E-state index in [-0.39, 0.29) is 32.1 Å². The van der Waals surface area contributed by atoms with Crippen LogP contribution in [-0.4, -0.2) is 49.7 Å². The van der Waals surface area contributed by atoms with Crippen LogP contribution in [-0.2, 0) is 14.8 Å². The summed E-state index contributed by atoms with van der Waals surface area (Å²) >= 11 is 0. The highest BCUT2D eigenvalue weighted by molar-refractivity contribution is 7.89. The Morgan fingerprint density at radius 1 is 1.14 bits per heavy atom. The van der Waals surface area contributed by atoms with Crippen LogP contribution in [0.4, 0.5) is 8.78 Å². The predicted octanol–water partition coefficient (Wildman–Crippen LogP) is 0.984. The largest absolute Gasteiger partial charge is 0.337 e. The maximum absolute atomic E-state index is 13.6. The molecule has 1 amide bonds. The van der Waals surface area contributed by atoms with Gasteiger partial charge in [0.1, 0.15) is 11.6 Å². The summed E-state index contributed by atoms with van der Waals surface area (Å²) in [7, 11) is -4.26. The van der Waals surface area contributed by atoms with Crippen molar-refractivity contribution in [2.75, 3.05) is 26.2 Å². The van der Waals surface area contributed by atoms with E-state index >= 15 is 0 Å². The minimum absolute atomic E-state index is 0.0182. The number of piperazine rings is 1. The van der Waals surface area contributed by atoms with Gasteiger partial charge in [0.05, 0.1) is 0 Å². The van der Waals surface area contributed by atoms with Gasteiger partial charge in [0.2, 0.25) is 15.9 Å². The highest BCUT2D eigenvalue weighted by Crippen LogP contribution is 2.23. The van der Waals surface area contributed by atoms with Gasteiger partial charge >= 0.3 is 0 Å². The van der Waals surface area contributed by atoms with Crippen LogP contribution in [0.2, 0.25) is 0 Å². The molecule has 0 spiro atoms. The van der Waals surface area contributed by atoms with Gasteiger partial charge in [0.25, 0.3) is 0 Å². The lowest BCUT2D eigenvalue weighted by Crippen LogP contribution is -2.50. The van der Waals surface area contributed by atoms with Crippen LogP contribution in [0.25, 0.3) is 0 Å². The summed E-state index contributed by atoms with van der Waals surface area (Å²) in [4.78, 5) is 11.9. The second-order valence-corrected chi connectivity index (χ2v) is 6.36. The first kappa shape index (κ1) is 15.6. The first-order valence-corrected chi connectivity index (χ1v) is 7.67. The van der Waals surface area contributed by atoms with Gasteiger partial charge in [0, 0.05) is 26.2 Å². The molecule has 1 saturated heterocycles. The monoisotopic (exact) mass is 316 g/mol. The van der Waals surface area contributed by atoms with Crippen LogP contribution >= 0.6 is 0 Å². The summed E-state index contributed by atoms with van der Waals surface area (Å²) in [5, 5.41) is 0. The van der Waals surface area contributed by atoms with Crippen molar-refractivity contribution < 1.29 is 22.0 Å². The fourth-order valence-corrected chi connectivity index (χ4v) is 3.67. The number of sulfonamides is 1. The smallest absolute Gasteiger partial charge is 0.249 e. The summed E-state index contributed by atoms with van der Waals surface area (Å²) in [6, 6.07) is 2.89. The van der Waals surface area contributed by atoms with Crippen LogP contribution in [0.5, 0.6) is 0 Å². The zero-order valence-corrected chi connectivity index (χ0v) is 11.9. The molecule has 21 heavy (non-hydrogen) atoms. The second kappa shape index (κ2) is 5.90. The molecule has 0 radical (unpaired) electrons. The van der Waals surface area contributed by atoms with E-state index in [9.17, 15) is 22.0 Å². The number of halogens is 2. The highest BCUT2D eigenvalue weighted by atomic mass is 32.2. The molecule has 0 N–H and O–H groups in total. The van der Waals surface area contributed by atoms with E-state index < -0.39 is 26.6 Å². The first-order valence-electron chi connectivity index (χ1n) is 6.23. The maximum atomic E-state index is 13.6. The molecule has 1 aromatic carbocycles. The summed E-state index contributed by atoms with van der Waals surface area (Å²) in [6.45, 7) is 3.62. The fourth-order valence-electron chi connectivity index (χ4n) is 2.14. The number of nitrogens with zero attached hydrogens (tertiary/aromatic N) is 2. The number of rotatable bonds is 3. The lowest BCUT2D eigenvalue weighted by molar-refractivity contribution is -0.127. The molecule has 5 nitrogen and oxygen atoms in total. The normalized spacial score (nSPS) is 16.8. The lowest BCUT2D eigenvalue weighted by Gasteiger charge is -2.33. The van der Waals surface area contributed by atoms with Crippen molar-refractivity contribution >= 4 is 15.9 Å². The molecule has 0 unspecified atom stereocenters. The Bertz CT molecular complexity index is 648. The number of amides is 1. The van der Waals surface area contributed by atoms with Crippen LogP contribution in [0.3, 0.4) is 0 Å². The molecule has 8 heteroatoms. The molecule has 1 aromatic rings. The van der Waals surface area contributed by atoms with Crippen molar-refractivity contribution in [2.45, 2.75) is 4.90 Å². The third kappa shape index (κ3) is 2.96. The number of carbonyl (C=O) groups excluding carboxylic acids is 1. The van der Waals surface area contributed by atoms with Gasteiger partial charge in [-0.25, -0.2) is 17.2 Å². The van der Waals surface area contributed by atoms with Crippen LogP contribution in [0, 0.1) is 11.6 Å². The zero-order chi connectivity index (χ0) is 15.6. The van der Waals surface area contributed by atoms with Crippen molar-refractivity contribution in [1.29, 1.82) is 0 Å². The van der Waals surface area contributed by atoms with E-state index in [1.807, 2.05) is 0 Å². The molecule has 1 aliphatic heterocycles. The van der Waals surface area contributed by atoms with Crippen molar-refractivity contribution in [2.24, 2.45) is 0 Å². The molecule has 0 saturated carbocycles. The van der Waals surface area contributed by atoms with Crippen LogP contribution < -0.4 is 0 Å². The Balaban J connectivity index is 2.23. The summed E-state index contributed by atoms with van der Waals surface area (Å²) < 4.78 is 52.8. The number of hydrogen-bond donors (Lipinski definition) is 0. The Labute approximate surface area is 121 Å². The number of carbonyl (C=O) groups is 1. The Morgan fingerprint density at radius 2 is 1.67 bits per heavy atom. The van der Waals surface area contributed by atoms with Crippen molar-refractivity contribution in [1.82, 2.24) is 9.21 Å². The van der Waals surface area contributed by atoms with Crippen LogP contribution in [0.15, 0.2) is 35.7 Å². The fraction of sp³-hybridized carbons (Fsp3) is 0.308. The Kier molecular flexibility index (Phi) is 4.38. The third-order valence-electron chi connectivity index (χ3n) is 3.24. The minimum Gasteiger partial charge on any atom is -0.337 e. The molecule has 0 bridgehead atoms. The lowest BCUT2D eigenvalue weighted by atomic mass is 10.3. The highest BCUT2D eigenvalue weighted by Gasteiger charge is 2.33. The molecule has 1 aliphatic rings. The van der Waals surface area contributed by atoms with Crippen molar-refractivity contribution in [3.05, 3.63) is 42.5 Å². The first-order chi connectivity index (χ1) is 9.87. The molecule has 1 heterocycles. The molecule has 0 atom stereocenters. The van der Waals surface area contributed by atoms with Gasteiger partial charge in [0.15, 0.2) is 4.90 Å². The SMILES string of the molecule is C=CC(=O)N1CCN(S(=O)(=O)c2c(F)cccc2F)CC1. The predicted molar refractivity (Wildman–Crippen MR) is 71.9 cm³/mol. The number of benzene rings is 1. The van der Waals surface area contributed by atoms with E-state index in [1.54, 1.807) is 0 Å². The Hall–Kier alpha value is -1.80. The van der Waals surface area contributed by atoms with Gasteiger partial charge in [-0.05, 0) is 18.2 Å². The molecule has 1 fully saturated rings. The van der Waals surface area contributed by atoms with Crippen molar-refractivity contribution in [3.63, 3.8) is 0 Å². The molecular weight excluding hydrogens is 302 g/mol. The standard InChI is InChI=1S/C13H14F2N2O3S/c1-2-12(18)16-6-8-17(9-7-16)21(19,20)13-10(14)4-3-5-11(13)15/h2-5H,1,6-9H2. The van der Waals surface area contributed by atoms with Gasteiger partial charge in [-0.1, -0.05) is 12.6 Å². The van der Waals surface area contributed by atoms with E-state index in [0.717, 1.165) is 28.6 Å². The number of hydrogen-bond acceptors (Lipinski definition) is 3. The molecule has 114 valence electrons. The topological polar surface area (TPSA) is 57.7 Å². The Morgan fingerprint density at radius 3 is 2.14 bits per heavy atom. The van der Waals surface area contributed by atoms with E-state index in [1.165, 1.54) is 4.90 Å². The molecule has 0 aromatic heterocycles. The third-order valence-corrected chi connectivity index (χ3v) is 5.19. The average molecular weight is 316 g/mol. The van der Waals surface area contributed by atoms with E-state index in [2.05, 4.69) is 6.58 Å². The van der Waals surface area contributed by atoms with Gasteiger partial charge in [-0.3, -0.25) is 4.79 Å². The molecule has 2 rings (SSSR count). The quantitative estimate of drug-likeness (QED) is 0.781. The van der Waals surface area contributed by atoms with Gasteiger partial charge in [-0.2, -0.15) is 4.31 Å². The second-order valence-electron chi connectivity index (χ2n) is 4.48. The molecular formula is C13H14F2N2O3S. The van der Waals surface area contributed by atoms with Gasteiger partial charge in [-0.15, -0.1) is 0 Å². The van der Waals surface area contributed by atoms with Gasteiger partial charge < -0.3 is 4.90 Å². The summed E-state index contributed by atoms with van der Waals surface area (Å²) in [5.41, 5.74) is 0. The minimum atomic E-state index is -4.26. The van der Waals surface area contributed by atoms with E-state index in [0.29, 0.717) is 0 Å². The van der Waals surface area contributed by atoms with E-state index in [4.69, 9.17) is 0 Å². The van der Waals surface area contributed by atoms with Crippen LogP contribution in [0.1, 0.15) is 0 Å². The zero-order valence-electron chi connectivity index (χ0n) is 11.1. The average Bonchev–Trinajstić information content (AvgIpc) is 2.46. The summed E-state index contributed by atoms with van der Waals surface area (Å²) in [5.74, 6) is -2.55. The molecule has 0 aliphatic carbocycles. The van der Waals surface area contributed by atoms with Crippen molar-refractivity contribution in [3.8, 4) is 0 Å².